The quantitative estimate of drug-likeness (QED) is 0.405. The second kappa shape index (κ2) is 9.23. The second-order valence-corrected chi connectivity index (χ2v) is 6.44. The summed E-state index contributed by atoms with van der Waals surface area (Å²) in [7, 11) is 0. The molecule has 5 rings (SSSR count). The normalized spacial score (nSPS) is 10.4. The van der Waals surface area contributed by atoms with Gasteiger partial charge in [0.05, 0.1) is 17.0 Å². The maximum Gasteiger partial charge on any atom is 0.252 e. The summed E-state index contributed by atoms with van der Waals surface area (Å²) in [6.07, 6.45) is 2.89. The first-order valence-corrected chi connectivity index (χ1v) is 10.0. The van der Waals surface area contributed by atoms with Crippen LogP contribution >= 0.6 is 0 Å². The van der Waals surface area contributed by atoms with Gasteiger partial charge in [0, 0.05) is 17.1 Å². The monoisotopic (exact) mass is 442 g/mol. The van der Waals surface area contributed by atoms with Gasteiger partial charge in [0.1, 0.15) is 29.5 Å². The Balaban J connectivity index is 0.00000126. The zero-order valence-electron chi connectivity index (χ0n) is 17.6. The van der Waals surface area contributed by atoms with Crippen LogP contribution in [0.1, 0.15) is 19.7 Å². The van der Waals surface area contributed by atoms with Gasteiger partial charge in [0.15, 0.2) is 0 Å². The molecule has 3 aromatic heterocycles. The van der Waals surface area contributed by atoms with Crippen molar-refractivity contribution in [3.8, 4) is 34.5 Å². The van der Waals surface area contributed by atoms with Gasteiger partial charge in [-0.05, 0) is 24.3 Å². The molecule has 8 nitrogen and oxygen atoms in total. The molecule has 0 aliphatic heterocycles. The molecule has 0 N–H and O–H groups in total. The lowest BCUT2D eigenvalue weighted by atomic mass is 10.0. The van der Waals surface area contributed by atoms with Crippen LogP contribution in [0.4, 0.5) is 8.78 Å². The van der Waals surface area contributed by atoms with Gasteiger partial charge >= 0.3 is 0 Å². The first-order valence-electron chi connectivity index (χ1n) is 10.0. The Hall–Kier alpha value is -4.65. The van der Waals surface area contributed by atoms with Crippen molar-refractivity contribution in [3.63, 3.8) is 0 Å². The number of aromatic nitrogens is 7. The summed E-state index contributed by atoms with van der Waals surface area (Å²) in [6.45, 7) is 4.00. The Morgan fingerprint density at radius 1 is 0.909 bits per heavy atom. The molecule has 0 saturated carbocycles. The Morgan fingerprint density at radius 2 is 1.67 bits per heavy atom. The molecule has 2 aromatic carbocycles. The number of hydrogen-bond donors (Lipinski definition) is 0. The molecular formula is C23H16F2N8. The molecule has 0 bridgehead atoms. The predicted molar refractivity (Wildman–Crippen MR) is 117 cm³/mol. The molecule has 0 fully saturated rings. The standard InChI is InChI=1S/C21H10F2N8.C2H6/c22-14-5-2-6-15(23)19(14)17-9-12-3-1-4-13(20(12)29-28-17)16-7-8-25-21(27-16)31-11-26-18(10-24)30-31;1-2/h1-9,11H;1-2H3. The van der Waals surface area contributed by atoms with E-state index in [-0.39, 0.29) is 23.0 Å². The van der Waals surface area contributed by atoms with Gasteiger partial charge in [-0.1, -0.05) is 38.1 Å². The number of rotatable bonds is 3. The van der Waals surface area contributed by atoms with Crippen LogP contribution in [-0.2, 0) is 0 Å². The van der Waals surface area contributed by atoms with Gasteiger partial charge in [-0.3, -0.25) is 0 Å². The minimum atomic E-state index is -0.713. The van der Waals surface area contributed by atoms with E-state index in [0.29, 0.717) is 22.2 Å². The number of fused-ring (bicyclic) bond motifs is 1. The van der Waals surface area contributed by atoms with Crippen molar-refractivity contribution in [3.05, 3.63) is 78.5 Å². The fraction of sp³-hybridized carbons (Fsp3) is 0.0870. The summed E-state index contributed by atoms with van der Waals surface area (Å²) >= 11 is 0. The van der Waals surface area contributed by atoms with Crippen LogP contribution in [-0.4, -0.2) is 34.9 Å². The lowest BCUT2D eigenvalue weighted by molar-refractivity contribution is 0.588. The van der Waals surface area contributed by atoms with Gasteiger partial charge < -0.3 is 0 Å². The lowest BCUT2D eigenvalue weighted by Crippen LogP contribution is -2.03. The van der Waals surface area contributed by atoms with E-state index in [1.807, 2.05) is 19.9 Å². The Morgan fingerprint density at radius 3 is 2.39 bits per heavy atom. The van der Waals surface area contributed by atoms with Crippen molar-refractivity contribution < 1.29 is 8.78 Å². The van der Waals surface area contributed by atoms with E-state index in [9.17, 15) is 8.78 Å². The molecule has 0 unspecified atom stereocenters. The van der Waals surface area contributed by atoms with Gasteiger partial charge in [0.2, 0.25) is 0 Å². The van der Waals surface area contributed by atoms with Crippen molar-refractivity contribution in [1.29, 1.82) is 5.26 Å². The summed E-state index contributed by atoms with van der Waals surface area (Å²) in [5.41, 5.74) is 1.55. The maximum atomic E-state index is 14.2. The summed E-state index contributed by atoms with van der Waals surface area (Å²) in [6, 6.07) is 14.1. The van der Waals surface area contributed by atoms with Crippen LogP contribution in [0.5, 0.6) is 0 Å². The highest BCUT2D eigenvalue weighted by atomic mass is 19.1. The fourth-order valence-corrected chi connectivity index (χ4v) is 3.16. The van der Waals surface area contributed by atoms with Crippen molar-refractivity contribution >= 4 is 10.9 Å². The molecule has 0 aliphatic carbocycles. The van der Waals surface area contributed by atoms with E-state index in [4.69, 9.17) is 5.26 Å². The molecule has 3 heterocycles. The average molecular weight is 442 g/mol. The molecule has 0 spiro atoms. The topological polar surface area (TPSA) is 106 Å². The molecule has 162 valence electrons. The van der Waals surface area contributed by atoms with E-state index in [0.717, 1.165) is 0 Å². The second-order valence-electron chi connectivity index (χ2n) is 6.44. The Bertz CT molecular complexity index is 1470. The highest BCUT2D eigenvalue weighted by molar-refractivity contribution is 5.93. The predicted octanol–water partition coefficient (Wildman–Crippen LogP) is 4.51. The Kier molecular flexibility index (Phi) is 6.04. The number of nitrogens with zero attached hydrogens (tertiary/aromatic N) is 8. The summed E-state index contributed by atoms with van der Waals surface area (Å²) < 4.78 is 29.6. The van der Waals surface area contributed by atoms with E-state index in [1.165, 1.54) is 29.2 Å². The molecule has 0 saturated heterocycles. The van der Waals surface area contributed by atoms with Crippen LogP contribution in [0, 0.1) is 23.0 Å². The minimum absolute atomic E-state index is 0.00191. The highest BCUT2D eigenvalue weighted by Crippen LogP contribution is 2.30. The van der Waals surface area contributed by atoms with Gasteiger partial charge in [-0.15, -0.1) is 15.3 Å². The molecular weight excluding hydrogens is 426 g/mol. The number of halogens is 2. The van der Waals surface area contributed by atoms with E-state index in [1.54, 1.807) is 36.5 Å². The first-order chi connectivity index (χ1) is 16.1. The number of benzene rings is 2. The maximum absolute atomic E-state index is 14.2. The Labute approximate surface area is 187 Å². The SMILES string of the molecule is CC.N#Cc1ncn(-c2nccc(-c3cccc4cc(-c5c(F)cccc5F)nnc34)n2)n1. The van der Waals surface area contributed by atoms with Crippen molar-refractivity contribution in [2.24, 2.45) is 0 Å². The number of nitriles is 1. The fourth-order valence-electron chi connectivity index (χ4n) is 3.16. The van der Waals surface area contributed by atoms with Crippen molar-refractivity contribution in [1.82, 2.24) is 34.9 Å². The molecule has 0 amide bonds. The molecule has 0 radical (unpaired) electrons. The minimum Gasteiger partial charge on any atom is -0.220 e. The molecule has 33 heavy (non-hydrogen) atoms. The van der Waals surface area contributed by atoms with Crippen LogP contribution in [0.2, 0.25) is 0 Å². The van der Waals surface area contributed by atoms with Crippen molar-refractivity contribution in [2.45, 2.75) is 13.8 Å². The average Bonchev–Trinajstić information content (AvgIpc) is 3.34. The summed E-state index contributed by atoms with van der Waals surface area (Å²) in [4.78, 5) is 12.5. The third kappa shape index (κ3) is 4.12. The van der Waals surface area contributed by atoms with Gasteiger partial charge in [-0.2, -0.15) is 9.94 Å². The molecule has 0 aliphatic rings. The van der Waals surface area contributed by atoms with E-state index < -0.39 is 11.6 Å². The third-order valence-electron chi connectivity index (χ3n) is 4.55. The van der Waals surface area contributed by atoms with Crippen molar-refractivity contribution in [2.75, 3.05) is 0 Å². The lowest BCUT2D eigenvalue weighted by Gasteiger charge is -2.08. The van der Waals surface area contributed by atoms with Crippen LogP contribution < -0.4 is 0 Å². The van der Waals surface area contributed by atoms with E-state index in [2.05, 4.69) is 30.2 Å². The smallest absolute Gasteiger partial charge is 0.220 e. The van der Waals surface area contributed by atoms with Crippen LogP contribution in [0.15, 0.2) is 61.1 Å². The van der Waals surface area contributed by atoms with E-state index >= 15 is 0 Å². The van der Waals surface area contributed by atoms with Gasteiger partial charge in [-0.25, -0.2) is 23.7 Å². The zero-order valence-corrected chi connectivity index (χ0v) is 17.6. The zero-order chi connectivity index (χ0) is 23.4. The summed E-state index contributed by atoms with van der Waals surface area (Å²) in [5.74, 6) is -1.20. The largest absolute Gasteiger partial charge is 0.252 e. The highest BCUT2D eigenvalue weighted by Gasteiger charge is 2.16. The third-order valence-corrected chi connectivity index (χ3v) is 4.55. The number of hydrogen-bond acceptors (Lipinski definition) is 7. The molecule has 0 atom stereocenters. The summed E-state index contributed by atoms with van der Waals surface area (Å²) in [5, 5.41) is 21.8. The first kappa shape index (κ1) is 21.6. The molecule has 10 heteroatoms. The molecule has 5 aromatic rings. The van der Waals surface area contributed by atoms with Crippen LogP contribution in [0.25, 0.3) is 39.4 Å². The van der Waals surface area contributed by atoms with Crippen LogP contribution in [0.3, 0.4) is 0 Å². The van der Waals surface area contributed by atoms with Gasteiger partial charge in [0.25, 0.3) is 11.8 Å².